The molecule has 3 aromatic rings. The lowest BCUT2D eigenvalue weighted by atomic mass is 10.1. The molecular weight excluding hydrogens is 464 g/mol. The zero-order valence-corrected chi connectivity index (χ0v) is 18.7. The SMILES string of the molecule is Cc1cccc(-c2n[nH]c(=S)n2CC(=O)NCCSCc2ccc(Br)s2)c1. The van der Waals surface area contributed by atoms with E-state index in [2.05, 4.69) is 43.6 Å². The molecule has 3 rings (SSSR count). The van der Waals surface area contributed by atoms with Gasteiger partial charge in [-0.1, -0.05) is 23.8 Å². The molecule has 2 aromatic heterocycles. The van der Waals surface area contributed by atoms with E-state index in [0.717, 1.165) is 26.4 Å². The molecule has 0 fully saturated rings. The standard InChI is InChI=1S/C18H19BrN4OS3/c1-12-3-2-4-13(9-12)17-21-22-18(25)23(17)10-16(24)20-7-8-26-11-14-5-6-15(19)27-14/h2-6,9H,7-8,10-11H2,1H3,(H,20,24)(H,22,25). The maximum atomic E-state index is 12.3. The molecule has 142 valence electrons. The number of nitrogens with zero attached hydrogens (tertiary/aromatic N) is 2. The van der Waals surface area contributed by atoms with Crippen molar-refractivity contribution in [3.8, 4) is 11.4 Å². The predicted octanol–water partition coefficient (Wildman–Crippen LogP) is 4.79. The maximum Gasteiger partial charge on any atom is 0.240 e. The fourth-order valence-electron chi connectivity index (χ4n) is 2.53. The minimum absolute atomic E-state index is 0.0686. The van der Waals surface area contributed by atoms with Gasteiger partial charge in [-0.05, 0) is 53.3 Å². The van der Waals surface area contributed by atoms with E-state index in [-0.39, 0.29) is 12.5 Å². The Kier molecular flexibility index (Phi) is 7.28. The first kappa shape index (κ1) is 20.3. The zero-order valence-electron chi connectivity index (χ0n) is 14.7. The number of thiophene rings is 1. The molecule has 0 aliphatic carbocycles. The van der Waals surface area contributed by atoms with Gasteiger partial charge in [0.2, 0.25) is 5.91 Å². The van der Waals surface area contributed by atoms with Crippen molar-refractivity contribution in [3.05, 3.63) is 55.4 Å². The van der Waals surface area contributed by atoms with Crippen LogP contribution in [0.4, 0.5) is 0 Å². The summed E-state index contributed by atoms with van der Waals surface area (Å²) in [5, 5.41) is 10.0. The summed E-state index contributed by atoms with van der Waals surface area (Å²) in [4.78, 5) is 13.6. The number of hydrogen-bond acceptors (Lipinski definition) is 5. The lowest BCUT2D eigenvalue weighted by Gasteiger charge is -2.08. The third-order valence-electron chi connectivity index (χ3n) is 3.78. The van der Waals surface area contributed by atoms with Gasteiger partial charge in [0.05, 0.1) is 3.79 Å². The monoisotopic (exact) mass is 482 g/mol. The van der Waals surface area contributed by atoms with E-state index in [1.165, 1.54) is 4.88 Å². The predicted molar refractivity (Wildman–Crippen MR) is 119 cm³/mol. The summed E-state index contributed by atoms with van der Waals surface area (Å²) in [5.41, 5.74) is 2.07. The van der Waals surface area contributed by atoms with Crippen molar-refractivity contribution in [1.82, 2.24) is 20.1 Å². The second kappa shape index (κ2) is 9.68. The Morgan fingerprint density at radius 2 is 2.26 bits per heavy atom. The minimum Gasteiger partial charge on any atom is -0.354 e. The Labute approximate surface area is 179 Å². The van der Waals surface area contributed by atoms with Crippen LogP contribution in [-0.4, -0.2) is 33.0 Å². The first-order chi connectivity index (χ1) is 13.0. The highest BCUT2D eigenvalue weighted by Gasteiger charge is 2.12. The van der Waals surface area contributed by atoms with Crippen LogP contribution in [0.3, 0.4) is 0 Å². The number of aromatic amines is 1. The number of rotatable bonds is 8. The third-order valence-corrected chi connectivity index (χ3v) is 6.90. The van der Waals surface area contributed by atoms with Crippen LogP contribution in [-0.2, 0) is 17.1 Å². The van der Waals surface area contributed by atoms with Gasteiger partial charge in [-0.25, -0.2) is 0 Å². The third kappa shape index (κ3) is 5.78. The fourth-order valence-corrected chi connectivity index (χ4v) is 5.18. The lowest BCUT2D eigenvalue weighted by molar-refractivity contribution is -0.121. The first-order valence-corrected chi connectivity index (χ1v) is 11.5. The minimum atomic E-state index is -0.0686. The number of aryl methyl sites for hydroxylation is 1. The quantitative estimate of drug-likeness (QED) is 0.357. The number of nitrogens with one attached hydrogen (secondary N) is 2. The molecule has 0 atom stereocenters. The molecule has 0 radical (unpaired) electrons. The zero-order chi connectivity index (χ0) is 19.2. The number of carbonyl (C=O) groups excluding carboxylic acids is 1. The Bertz CT molecular complexity index is 979. The largest absolute Gasteiger partial charge is 0.354 e. The van der Waals surface area contributed by atoms with E-state index in [4.69, 9.17) is 12.2 Å². The van der Waals surface area contributed by atoms with Crippen LogP contribution in [0.1, 0.15) is 10.4 Å². The Morgan fingerprint density at radius 3 is 3.00 bits per heavy atom. The molecule has 0 unspecified atom stereocenters. The van der Waals surface area contributed by atoms with Crippen molar-refractivity contribution in [3.63, 3.8) is 0 Å². The van der Waals surface area contributed by atoms with Gasteiger partial charge in [0.1, 0.15) is 6.54 Å². The van der Waals surface area contributed by atoms with Gasteiger partial charge in [0.25, 0.3) is 0 Å². The average molecular weight is 483 g/mol. The maximum absolute atomic E-state index is 12.3. The lowest BCUT2D eigenvalue weighted by Crippen LogP contribution is -2.29. The van der Waals surface area contributed by atoms with Gasteiger partial charge in [0.15, 0.2) is 10.6 Å². The van der Waals surface area contributed by atoms with Crippen molar-refractivity contribution in [2.45, 2.75) is 19.2 Å². The highest BCUT2D eigenvalue weighted by atomic mass is 79.9. The van der Waals surface area contributed by atoms with Gasteiger partial charge in [0, 0.05) is 28.5 Å². The van der Waals surface area contributed by atoms with Crippen LogP contribution >= 0.6 is 51.2 Å². The molecule has 2 heterocycles. The molecule has 0 spiro atoms. The normalized spacial score (nSPS) is 10.9. The van der Waals surface area contributed by atoms with Crippen molar-refractivity contribution >= 4 is 57.2 Å². The summed E-state index contributed by atoms with van der Waals surface area (Å²) in [6.07, 6.45) is 0. The summed E-state index contributed by atoms with van der Waals surface area (Å²) >= 11 is 12.3. The molecule has 1 amide bonds. The molecule has 9 heteroatoms. The summed E-state index contributed by atoms with van der Waals surface area (Å²) < 4.78 is 3.32. The highest BCUT2D eigenvalue weighted by molar-refractivity contribution is 9.11. The van der Waals surface area contributed by atoms with Crippen molar-refractivity contribution in [2.75, 3.05) is 12.3 Å². The average Bonchev–Trinajstić information content (AvgIpc) is 3.21. The molecule has 1 aromatic carbocycles. The number of benzene rings is 1. The Morgan fingerprint density at radius 1 is 1.41 bits per heavy atom. The number of hydrogen-bond donors (Lipinski definition) is 2. The number of thioether (sulfide) groups is 1. The molecule has 27 heavy (non-hydrogen) atoms. The fraction of sp³-hybridized carbons (Fsp3) is 0.278. The second-order valence-electron chi connectivity index (χ2n) is 5.92. The number of halogens is 1. The van der Waals surface area contributed by atoms with Crippen LogP contribution in [0.15, 0.2) is 40.2 Å². The van der Waals surface area contributed by atoms with Gasteiger partial charge < -0.3 is 5.32 Å². The number of amides is 1. The molecule has 2 N–H and O–H groups in total. The van der Waals surface area contributed by atoms with Crippen LogP contribution in [0.25, 0.3) is 11.4 Å². The molecule has 0 aliphatic rings. The summed E-state index contributed by atoms with van der Waals surface area (Å²) in [6, 6.07) is 12.2. The van der Waals surface area contributed by atoms with Gasteiger partial charge in [-0.15, -0.1) is 11.3 Å². The van der Waals surface area contributed by atoms with Crippen LogP contribution in [0, 0.1) is 11.7 Å². The number of H-pyrrole nitrogens is 1. The van der Waals surface area contributed by atoms with Gasteiger partial charge in [-0.3, -0.25) is 14.5 Å². The molecule has 0 aliphatic heterocycles. The number of carbonyl (C=O) groups is 1. The van der Waals surface area contributed by atoms with E-state index >= 15 is 0 Å². The van der Waals surface area contributed by atoms with E-state index in [1.54, 1.807) is 27.7 Å². The summed E-state index contributed by atoms with van der Waals surface area (Å²) in [6.45, 7) is 2.80. The van der Waals surface area contributed by atoms with Crippen LogP contribution < -0.4 is 5.32 Å². The Balaban J connectivity index is 1.51. The summed E-state index contributed by atoms with van der Waals surface area (Å²) in [5.74, 6) is 2.43. The summed E-state index contributed by atoms with van der Waals surface area (Å²) in [7, 11) is 0. The molecule has 5 nitrogen and oxygen atoms in total. The molecule has 0 saturated carbocycles. The van der Waals surface area contributed by atoms with Gasteiger partial charge >= 0.3 is 0 Å². The number of aromatic nitrogens is 3. The highest BCUT2D eigenvalue weighted by Crippen LogP contribution is 2.25. The van der Waals surface area contributed by atoms with Crippen LogP contribution in [0.5, 0.6) is 0 Å². The Hall–Kier alpha value is -1.42. The van der Waals surface area contributed by atoms with Crippen molar-refractivity contribution < 1.29 is 4.79 Å². The van der Waals surface area contributed by atoms with E-state index in [1.807, 2.05) is 31.2 Å². The molecule has 0 saturated heterocycles. The first-order valence-electron chi connectivity index (χ1n) is 8.34. The second-order valence-corrected chi connectivity index (χ2v) is 9.96. The van der Waals surface area contributed by atoms with Crippen LogP contribution in [0.2, 0.25) is 0 Å². The van der Waals surface area contributed by atoms with E-state index < -0.39 is 0 Å². The molecular formula is C18H19BrN4OS3. The van der Waals surface area contributed by atoms with E-state index in [0.29, 0.717) is 17.1 Å². The smallest absolute Gasteiger partial charge is 0.240 e. The van der Waals surface area contributed by atoms with E-state index in [9.17, 15) is 4.79 Å². The van der Waals surface area contributed by atoms with Crippen molar-refractivity contribution in [2.24, 2.45) is 0 Å². The van der Waals surface area contributed by atoms with Crippen molar-refractivity contribution in [1.29, 1.82) is 0 Å². The topological polar surface area (TPSA) is 62.7 Å². The molecule has 0 bridgehead atoms. The van der Waals surface area contributed by atoms with Gasteiger partial charge in [-0.2, -0.15) is 16.9 Å².